The van der Waals surface area contributed by atoms with Crippen LogP contribution in [0.1, 0.15) is 45.0 Å². The molecule has 0 aliphatic heterocycles. The Balaban J connectivity index is 2.33. The van der Waals surface area contributed by atoms with E-state index in [4.69, 9.17) is 10.7 Å². The maximum atomic E-state index is 6.23. The van der Waals surface area contributed by atoms with Gasteiger partial charge in [0, 0.05) is 18.4 Å². The van der Waals surface area contributed by atoms with Crippen LogP contribution in [0.4, 0.5) is 5.82 Å². The fourth-order valence-corrected chi connectivity index (χ4v) is 3.16. The Morgan fingerprint density at radius 2 is 2.00 bits per heavy atom. The summed E-state index contributed by atoms with van der Waals surface area (Å²) in [7, 11) is 0. The van der Waals surface area contributed by atoms with E-state index in [1.165, 1.54) is 12.0 Å². The van der Waals surface area contributed by atoms with Gasteiger partial charge in [-0.05, 0) is 30.9 Å². The molecule has 0 saturated carbocycles. The summed E-state index contributed by atoms with van der Waals surface area (Å²) in [6.07, 6.45) is 3.30. The summed E-state index contributed by atoms with van der Waals surface area (Å²) in [5, 5.41) is 1.15. The highest BCUT2D eigenvalue weighted by atomic mass is 15.1. The predicted molar refractivity (Wildman–Crippen MR) is 97.6 cm³/mol. The summed E-state index contributed by atoms with van der Waals surface area (Å²) < 4.78 is 2.37. The van der Waals surface area contributed by atoms with Crippen LogP contribution in [0.3, 0.4) is 0 Å². The number of aryl methyl sites for hydroxylation is 2. The average Bonchev–Trinajstić information content (AvgIpc) is 2.84. The van der Waals surface area contributed by atoms with Crippen LogP contribution in [0.15, 0.2) is 18.2 Å². The van der Waals surface area contributed by atoms with Gasteiger partial charge in [-0.15, -0.1) is 0 Å². The first-order valence-corrected chi connectivity index (χ1v) is 8.56. The number of hydrogen-bond donors (Lipinski definition) is 1. The van der Waals surface area contributed by atoms with E-state index in [-0.39, 0.29) is 0 Å². The molecule has 2 heterocycles. The average molecular weight is 310 g/mol. The Hall–Kier alpha value is -2.10. The summed E-state index contributed by atoms with van der Waals surface area (Å²) >= 11 is 0. The van der Waals surface area contributed by atoms with E-state index in [0.717, 1.165) is 47.1 Å². The molecule has 1 aromatic carbocycles. The van der Waals surface area contributed by atoms with Gasteiger partial charge >= 0.3 is 0 Å². The van der Waals surface area contributed by atoms with Crippen molar-refractivity contribution < 1.29 is 0 Å². The molecule has 0 radical (unpaired) electrons. The zero-order valence-corrected chi connectivity index (χ0v) is 14.6. The third-order valence-electron chi connectivity index (χ3n) is 4.24. The van der Waals surface area contributed by atoms with E-state index < -0.39 is 0 Å². The highest BCUT2D eigenvalue weighted by Gasteiger charge is 2.17. The van der Waals surface area contributed by atoms with Gasteiger partial charge in [0.1, 0.15) is 11.3 Å². The van der Waals surface area contributed by atoms with E-state index >= 15 is 0 Å². The van der Waals surface area contributed by atoms with Gasteiger partial charge in [0.25, 0.3) is 0 Å². The van der Waals surface area contributed by atoms with Crippen molar-refractivity contribution >= 4 is 27.8 Å². The van der Waals surface area contributed by atoms with Crippen molar-refractivity contribution in [3.63, 3.8) is 0 Å². The second-order valence-electron chi connectivity index (χ2n) is 6.85. The summed E-state index contributed by atoms with van der Waals surface area (Å²) in [6, 6.07) is 6.39. The number of nitrogen functional groups attached to an aromatic ring is 1. The Kier molecular flexibility index (Phi) is 4.24. The summed E-state index contributed by atoms with van der Waals surface area (Å²) in [6.45, 7) is 9.74. The normalized spacial score (nSPS) is 11.9. The molecule has 23 heavy (non-hydrogen) atoms. The van der Waals surface area contributed by atoms with Crippen molar-refractivity contribution in [1.82, 2.24) is 14.5 Å². The minimum Gasteiger partial charge on any atom is -0.382 e. The molecule has 4 nitrogen and oxygen atoms in total. The topological polar surface area (TPSA) is 56.7 Å². The largest absolute Gasteiger partial charge is 0.382 e. The lowest BCUT2D eigenvalue weighted by Crippen LogP contribution is -2.09. The number of imidazole rings is 1. The highest BCUT2D eigenvalue weighted by molar-refractivity contribution is 6.06. The minimum absolute atomic E-state index is 0.540. The molecule has 0 fully saturated rings. The van der Waals surface area contributed by atoms with E-state index in [0.29, 0.717) is 11.7 Å². The van der Waals surface area contributed by atoms with Gasteiger partial charge in [-0.2, -0.15) is 0 Å². The third kappa shape index (κ3) is 2.90. The Morgan fingerprint density at radius 1 is 1.22 bits per heavy atom. The first kappa shape index (κ1) is 15.8. The number of nitrogens with zero attached hydrogens (tertiary/aromatic N) is 3. The van der Waals surface area contributed by atoms with Crippen LogP contribution >= 0.6 is 0 Å². The lowest BCUT2D eigenvalue weighted by atomic mass is 10.1. The molecule has 3 rings (SSSR count). The Bertz CT molecular complexity index is 846. The molecule has 0 atom stereocenters. The van der Waals surface area contributed by atoms with Gasteiger partial charge in [-0.25, -0.2) is 9.97 Å². The lowest BCUT2D eigenvalue weighted by Gasteiger charge is -2.13. The zero-order valence-electron chi connectivity index (χ0n) is 14.6. The fraction of sp³-hybridized carbons (Fsp3) is 0.474. The van der Waals surface area contributed by atoms with Crippen molar-refractivity contribution in [2.45, 2.75) is 53.5 Å². The van der Waals surface area contributed by atoms with Crippen molar-refractivity contribution in [1.29, 1.82) is 0 Å². The number of anilines is 1. The standard InChI is InChI=1S/C19H26N4/c1-5-6-7-16-22-17-18(23(16)11-12(2)3)14-9-8-13(4)10-15(14)21-19(17)20/h8-10,12H,5-7,11H2,1-4H3,(H2,20,21). The van der Waals surface area contributed by atoms with Gasteiger partial charge in [0.15, 0.2) is 5.82 Å². The van der Waals surface area contributed by atoms with E-state index in [2.05, 4.69) is 55.4 Å². The molecule has 4 heteroatoms. The van der Waals surface area contributed by atoms with E-state index in [1.807, 2.05) is 0 Å². The third-order valence-corrected chi connectivity index (χ3v) is 4.24. The Labute approximate surface area is 137 Å². The first-order chi connectivity index (χ1) is 11.0. The summed E-state index contributed by atoms with van der Waals surface area (Å²) in [5.41, 5.74) is 10.4. The smallest absolute Gasteiger partial charge is 0.152 e. The number of hydrogen-bond acceptors (Lipinski definition) is 3. The molecule has 0 aliphatic rings. The monoisotopic (exact) mass is 310 g/mol. The molecule has 0 saturated heterocycles. The maximum absolute atomic E-state index is 6.23. The fourth-order valence-electron chi connectivity index (χ4n) is 3.16. The molecular weight excluding hydrogens is 284 g/mol. The van der Waals surface area contributed by atoms with E-state index in [9.17, 15) is 0 Å². The van der Waals surface area contributed by atoms with Crippen molar-refractivity contribution in [3.05, 3.63) is 29.6 Å². The molecule has 0 amide bonds. The van der Waals surface area contributed by atoms with Crippen LogP contribution in [0.5, 0.6) is 0 Å². The summed E-state index contributed by atoms with van der Waals surface area (Å²) in [4.78, 5) is 9.43. The molecule has 0 unspecified atom stereocenters. The van der Waals surface area contributed by atoms with Gasteiger partial charge in [0.2, 0.25) is 0 Å². The van der Waals surface area contributed by atoms with Gasteiger partial charge < -0.3 is 10.3 Å². The molecule has 2 N–H and O–H groups in total. The number of nitrogens with two attached hydrogens (primary N) is 1. The predicted octanol–water partition coefficient (Wildman–Crippen LogP) is 4.47. The number of benzene rings is 1. The van der Waals surface area contributed by atoms with Crippen LogP contribution in [-0.2, 0) is 13.0 Å². The zero-order chi connectivity index (χ0) is 16.6. The van der Waals surface area contributed by atoms with Crippen LogP contribution in [-0.4, -0.2) is 14.5 Å². The minimum atomic E-state index is 0.540. The van der Waals surface area contributed by atoms with Crippen LogP contribution in [0, 0.1) is 12.8 Å². The number of aromatic nitrogens is 3. The van der Waals surface area contributed by atoms with Crippen LogP contribution in [0.25, 0.3) is 21.9 Å². The van der Waals surface area contributed by atoms with Crippen molar-refractivity contribution in [2.24, 2.45) is 5.92 Å². The molecule has 0 spiro atoms. The SMILES string of the molecule is CCCCc1nc2c(N)nc3cc(C)ccc3c2n1CC(C)C. The van der Waals surface area contributed by atoms with Crippen molar-refractivity contribution in [2.75, 3.05) is 5.73 Å². The highest BCUT2D eigenvalue weighted by Crippen LogP contribution is 2.30. The molecular formula is C19H26N4. The number of unbranched alkanes of at least 4 members (excludes halogenated alkanes) is 1. The number of rotatable bonds is 5. The molecule has 122 valence electrons. The van der Waals surface area contributed by atoms with Gasteiger partial charge in [0.05, 0.1) is 11.0 Å². The van der Waals surface area contributed by atoms with Gasteiger partial charge in [-0.3, -0.25) is 0 Å². The molecule has 3 aromatic rings. The summed E-state index contributed by atoms with van der Waals surface area (Å²) in [5.74, 6) is 2.23. The molecule has 0 aliphatic carbocycles. The second-order valence-corrected chi connectivity index (χ2v) is 6.85. The lowest BCUT2D eigenvalue weighted by molar-refractivity contribution is 0.513. The van der Waals surface area contributed by atoms with E-state index in [1.54, 1.807) is 0 Å². The number of fused-ring (bicyclic) bond motifs is 3. The second kappa shape index (κ2) is 6.19. The quantitative estimate of drug-likeness (QED) is 0.756. The van der Waals surface area contributed by atoms with Crippen LogP contribution < -0.4 is 5.73 Å². The molecule has 0 bridgehead atoms. The Morgan fingerprint density at radius 3 is 2.70 bits per heavy atom. The molecule has 2 aromatic heterocycles. The van der Waals surface area contributed by atoms with Gasteiger partial charge in [-0.1, -0.05) is 39.3 Å². The number of pyridine rings is 1. The van der Waals surface area contributed by atoms with Crippen molar-refractivity contribution in [3.8, 4) is 0 Å². The van der Waals surface area contributed by atoms with Crippen LogP contribution in [0.2, 0.25) is 0 Å². The first-order valence-electron chi connectivity index (χ1n) is 8.56. The maximum Gasteiger partial charge on any atom is 0.152 e.